The molecule has 2 rings (SSSR count). The molecule has 30 heavy (non-hydrogen) atoms. The summed E-state index contributed by atoms with van der Waals surface area (Å²) in [6.07, 6.45) is 7.85. The molecule has 4 nitrogen and oxygen atoms in total. The molecule has 2 aromatic rings. The summed E-state index contributed by atoms with van der Waals surface area (Å²) in [7, 11) is 1.63. The fourth-order valence-electron chi connectivity index (χ4n) is 3.33. The maximum atomic E-state index is 13.2. The van der Waals surface area contributed by atoms with E-state index in [0.717, 1.165) is 42.4 Å². The number of ether oxygens (including phenoxy) is 3. The lowest BCUT2D eigenvalue weighted by atomic mass is 9.95. The Morgan fingerprint density at radius 3 is 2.50 bits per heavy atom. The first kappa shape index (κ1) is 23.3. The number of methoxy groups -OCH3 is 1. The van der Waals surface area contributed by atoms with Crippen molar-refractivity contribution in [2.24, 2.45) is 0 Å². The number of hydrogen-bond acceptors (Lipinski definition) is 4. The van der Waals surface area contributed by atoms with Gasteiger partial charge in [0.15, 0.2) is 0 Å². The van der Waals surface area contributed by atoms with Crippen molar-refractivity contribution in [2.45, 2.75) is 45.6 Å². The largest absolute Gasteiger partial charge is 0.496 e. The molecule has 0 aliphatic heterocycles. The maximum Gasteiger partial charge on any atom is 0.342 e. The first-order chi connectivity index (χ1) is 14.7. The zero-order valence-corrected chi connectivity index (χ0v) is 18.1. The average Bonchev–Trinajstić information content (AvgIpc) is 2.77. The molecule has 160 valence electrons. The van der Waals surface area contributed by atoms with E-state index in [9.17, 15) is 4.79 Å². The molecule has 0 fully saturated rings. The number of esters is 1. The van der Waals surface area contributed by atoms with Gasteiger partial charge >= 0.3 is 5.97 Å². The summed E-state index contributed by atoms with van der Waals surface area (Å²) in [6.45, 7) is 10.2. The SMILES string of the molecule is C=CCOc1c(CC=C)c(OC)cc(CCCCC)c1C(=O)OCc1ccccc1. The van der Waals surface area contributed by atoms with Crippen LogP contribution in [0.3, 0.4) is 0 Å². The predicted octanol–water partition coefficient (Wildman–Crippen LogP) is 6.08. The van der Waals surface area contributed by atoms with Crippen molar-refractivity contribution < 1.29 is 19.0 Å². The van der Waals surface area contributed by atoms with E-state index in [-0.39, 0.29) is 13.2 Å². The van der Waals surface area contributed by atoms with E-state index in [1.807, 2.05) is 36.4 Å². The Labute approximate surface area is 180 Å². The lowest BCUT2D eigenvalue weighted by Crippen LogP contribution is -2.14. The second-order valence-corrected chi connectivity index (χ2v) is 7.03. The number of unbranched alkanes of at least 4 members (excludes halogenated alkanes) is 2. The third kappa shape index (κ3) is 6.24. The van der Waals surface area contributed by atoms with Gasteiger partial charge in [0.25, 0.3) is 0 Å². The van der Waals surface area contributed by atoms with E-state index in [1.54, 1.807) is 19.3 Å². The molecule has 2 aromatic carbocycles. The summed E-state index contributed by atoms with van der Waals surface area (Å²) in [5.41, 5.74) is 3.08. The van der Waals surface area contributed by atoms with E-state index in [1.165, 1.54) is 0 Å². The van der Waals surface area contributed by atoms with Gasteiger partial charge in [-0.3, -0.25) is 0 Å². The number of allylic oxidation sites excluding steroid dienone is 1. The van der Waals surface area contributed by atoms with E-state index in [0.29, 0.717) is 23.5 Å². The lowest BCUT2D eigenvalue weighted by molar-refractivity contribution is 0.0467. The van der Waals surface area contributed by atoms with Crippen LogP contribution in [0.4, 0.5) is 0 Å². The second kappa shape index (κ2) is 12.5. The third-order valence-corrected chi connectivity index (χ3v) is 4.81. The van der Waals surface area contributed by atoms with Crippen LogP contribution in [0, 0.1) is 0 Å². The minimum Gasteiger partial charge on any atom is -0.496 e. The van der Waals surface area contributed by atoms with Crippen molar-refractivity contribution in [3.05, 3.63) is 84.0 Å². The van der Waals surface area contributed by atoms with Gasteiger partial charge in [-0.15, -0.1) is 6.58 Å². The van der Waals surface area contributed by atoms with Gasteiger partial charge in [0, 0.05) is 5.56 Å². The molecule has 0 aliphatic carbocycles. The van der Waals surface area contributed by atoms with Gasteiger partial charge in [0.2, 0.25) is 0 Å². The highest BCUT2D eigenvalue weighted by Gasteiger charge is 2.25. The van der Waals surface area contributed by atoms with Gasteiger partial charge in [-0.05, 0) is 36.5 Å². The van der Waals surface area contributed by atoms with Crippen LogP contribution in [0.2, 0.25) is 0 Å². The Morgan fingerprint density at radius 1 is 1.10 bits per heavy atom. The van der Waals surface area contributed by atoms with Crippen molar-refractivity contribution in [1.29, 1.82) is 0 Å². The average molecular weight is 409 g/mol. The Kier molecular flexibility index (Phi) is 9.72. The molecule has 0 unspecified atom stereocenters. The Balaban J connectivity index is 2.48. The minimum atomic E-state index is -0.391. The van der Waals surface area contributed by atoms with Crippen molar-refractivity contribution in [1.82, 2.24) is 0 Å². The van der Waals surface area contributed by atoms with E-state index in [4.69, 9.17) is 14.2 Å². The van der Waals surface area contributed by atoms with Crippen LogP contribution in [0.15, 0.2) is 61.7 Å². The molecular weight excluding hydrogens is 376 g/mol. The molecule has 0 aliphatic rings. The Morgan fingerprint density at radius 2 is 1.87 bits per heavy atom. The molecular formula is C26H32O4. The summed E-state index contributed by atoms with van der Waals surface area (Å²) < 4.78 is 17.3. The first-order valence-electron chi connectivity index (χ1n) is 10.4. The number of carbonyl (C=O) groups excluding carboxylic acids is 1. The monoisotopic (exact) mass is 408 g/mol. The van der Waals surface area contributed by atoms with Crippen molar-refractivity contribution >= 4 is 5.97 Å². The molecule has 0 bridgehead atoms. The zero-order chi connectivity index (χ0) is 21.8. The number of hydrogen-bond donors (Lipinski definition) is 0. The standard InChI is InChI=1S/C26H32O4/c1-5-8-10-16-21-18-23(28-4)22(13-6-2)25(29-17-7-3)24(21)26(27)30-19-20-14-11-9-12-15-20/h6-7,9,11-12,14-15,18H,2-3,5,8,10,13,16-17,19H2,1,4H3. The molecule has 0 saturated heterocycles. The Bertz CT molecular complexity index is 840. The van der Waals surface area contributed by atoms with Gasteiger partial charge in [0.05, 0.1) is 7.11 Å². The van der Waals surface area contributed by atoms with Gasteiger partial charge in [-0.1, -0.05) is 68.8 Å². The molecule has 0 radical (unpaired) electrons. The normalized spacial score (nSPS) is 10.3. The van der Waals surface area contributed by atoms with Crippen molar-refractivity contribution in [3.8, 4) is 11.5 Å². The predicted molar refractivity (Wildman–Crippen MR) is 121 cm³/mol. The molecule has 0 heterocycles. The smallest absolute Gasteiger partial charge is 0.342 e. The van der Waals surface area contributed by atoms with Crippen LogP contribution in [0.1, 0.15) is 53.2 Å². The highest BCUT2D eigenvalue weighted by Crippen LogP contribution is 2.37. The Hall–Kier alpha value is -3.01. The van der Waals surface area contributed by atoms with E-state index < -0.39 is 5.97 Å². The summed E-state index contributed by atoms with van der Waals surface area (Å²) in [6, 6.07) is 11.6. The van der Waals surface area contributed by atoms with Gasteiger partial charge < -0.3 is 14.2 Å². The molecule has 0 N–H and O–H groups in total. The summed E-state index contributed by atoms with van der Waals surface area (Å²) >= 11 is 0. The molecule has 4 heteroatoms. The first-order valence-corrected chi connectivity index (χ1v) is 10.4. The fraction of sp³-hybridized carbons (Fsp3) is 0.346. The quantitative estimate of drug-likeness (QED) is 0.229. The van der Waals surface area contributed by atoms with Crippen molar-refractivity contribution in [3.63, 3.8) is 0 Å². The van der Waals surface area contributed by atoms with Crippen LogP contribution in [-0.4, -0.2) is 19.7 Å². The number of aryl methyl sites for hydroxylation is 1. The third-order valence-electron chi connectivity index (χ3n) is 4.81. The number of rotatable bonds is 13. The number of benzene rings is 2. The summed E-state index contributed by atoms with van der Waals surface area (Å²) in [4.78, 5) is 13.2. The topological polar surface area (TPSA) is 44.8 Å². The van der Waals surface area contributed by atoms with Crippen LogP contribution < -0.4 is 9.47 Å². The van der Waals surface area contributed by atoms with E-state index >= 15 is 0 Å². The van der Waals surface area contributed by atoms with Crippen LogP contribution >= 0.6 is 0 Å². The molecule has 0 spiro atoms. The summed E-state index contributed by atoms with van der Waals surface area (Å²) in [5.74, 6) is 0.802. The maximum absolute atomic E-state index is 13.2. The highest BCUT2D eigenvalue weighted by atomic mass is 16.5. The van der Waals surface area contributed by atoms with E-state index in [2.05, 4.69) is 20.1 Å². The highest BCUT2D eigenvalue weighted by molar-refractivity contribution is 5.95. The van der Waals surface area contributed by atoms with Crippen LogP contribution in [0.5, 0.6) is 11.5 Å². The minimum absolute atomic E-state index is 0.206. The molecule has 0 saturated carbocycles. The fourth-order valence-corrected chi connectivity index (χ4v) is 3.33. The van der Waals surface area contributed by atoms with Gasteiger partial charge in [0.1, 0.15) is 30.3 Å². The zero-order valence-electron chi connectivity index (χ0n) is 18.1. The molecule has 0 amide bonds. The molecule has 0 aromatic heterocycles. The van der Waals surface area contributed by atoms with Crippen molar-refractivity contribution in [2.75, 3.05) is 13.7 Å². The van der Waals surface area contributed by atoms with Gasteiger partial charge in [-0.25, -0.2) is 4.79 Å². The summed E-state index contributed by atoms with van der Waals surface area (Å²) in [5, 5.41) is 0. The lowest BCUT2D eigenvalue weighted by Gasteiger charge is -2.20. The van der Waals surface area contributed by atoms with Crippen LogP contribution in [0.25, 0.3) is 0 Å². The van der Waals surface area contributed by atoms with Crippen LogP contribution in [-0.2, 0) is 24.2 Å². The molecule has 0 atom stereocenters. The van der Waals surface area contributed by atoms with Gasteiger partial charge in [-0.2, -0.15) is 0 Å². The second-order valence-electron chi connectivity index (χ2n) is 7.03. The number of carbonyl (C=O) groups is 1.